The van der Waals surface area contributed by atoms with Crippen LogP contribution in [0, 0.1) is 0 Å². The van der Waals surface area contributed by atoms with E-state index in [0.29, 0.717) is 0 Å². The number of hydrogen-bond acceptors (Lipinski definition) is 3. The minimum atomic E-state index is -3.07. The van der Waals surface area contributed by atoms with Crippen molar-refractivity contribution in [3.8, 4) is 0 Å². The van der Waals surface area contributed by atoms with Crippen LogP contribution in [0.4, 0.5) is 0 Å². The van der Waals surface area contributed by atoms with Gasteiger partial charge in [-0.25, -0.2) is 8.42 Å². The molecule has 3 nitrogen and oxygen atoms in total. The first kappa shape index (κ1) is 12.6. The summed E-state index contributed by atoms with van der Waals surface area (Å²) in [5.41, 5.74) is 7.59. The van der Waals surface area contributed by atoms with Gasteiger partial charge in [0.2, 0.25) is 0 Å². The molecule has 2 N–H and O–H groups in total. The van der Waals surface area contributed by atoms with Crippen LogP contribution in [0.25, 0.3) is 0 Å². The molecule has 0 amide bonds. The van der Waals surface area contributed by atoms with Gasteiger partial charge in [-0.2, -0.15) is 0 Å². The van der Waals surface area contributed by atoms with Crippen LogP contribution >= 0.6 is 0 Å². The predicted molar refractivity (Wildman–Crippen MR) is 69.8 cm³/mol. The average molecular weight is 253 g/mol. The first-order chi connectivity index (χ1) is 7.77. The van der Waals surface area contributed by atoms with E-state index in [0.717, 1.165) is 6.42 Å². The maximum absolute atomic E-state index is 12.0. The Hall–Kier alpha value is -0.870. The molecule has 0 aliphatic heterocycles. The van der Waals surface area contributed by atoms with Crippen LogP contribution in [0.2, 0.25) is 0 Å². The zero-order valence-corrected chi connectivity index (χ0v) is 11.1. The van der Waals surface area contributed by atoms with E-state index >= 15 is 0 Å². The fourth-order valence-electron chi connectivity index (χ4n) is 2.44. The highest BCUT2D eigenvalue weighted by Gasteiger charge is 2.32. The molecular weight excluding hydrogens is 234 g/mol. The SMILES string of the molecule is CC(C)(N)CS(=O)(=O)CC1Cc2ccccc21. The molecule has 4 heteroatoms. The van der Waals surface area contributed by atoms with E-state index < -0.39 is 15.4 Å². The van der Waals surface area contributed by atoms with Crippen molar-refractivity contribution in [1.82, 2.24) is 0 Å². The smallest absolute Gasteiger partial charge is 0.152 e. The third-order valence-electron chi connectivity index (χ3n) is 3.01. The Bertz CT molecular complexity index is 514. The second-order valence-electron chi connectivity index (χ2n) is 5.64. The summed E-state index contributed by atoms with van der Waals surface area (Å²) in [6.07, 6.45) is 0.875. The van der Waals surface area contributed by atoms with Crippen LogP contribution in [-0.4, -0.2) is 25.5 Å². The minimum Gasteiger partial charge on any atom is -0.325 e. The van der Waals surface area contributed by atoms with Crippen LogP contribution in [0.15, 0.2) is 24.3 Å². The van der Waals surface area contributed by atoms with E-state index in [4.69, 9.17) is 5.73 Å². The molecular formula is C13H19NO2S. The van der Waals surface area contributed by atoms with Crippen molar-refractivity contribution in [3.63, 3.8) is 0 Å². The molecule has 0 heterocycles. The third-order valence-corrected chi connectivity index (χ3v) is 5.10. The van der Waals surface area contributed by atoms with Gasteiger partial charge in [-0.1, -0.05) is 24.3 Å². The van der Waals surface area contributed by atoms with E-state index in [1.165, 1.54) is 11.1 Å². The fourth-order valence-corrected chi connectivity index (χ4v) is 4.61. The molecule has 0 aromatic heterocycles. The van der Waals surface area contributed by atoms with Crippen molar-refractivity contribution in [2.75, 3.05) is 11.5 Å². The maximum Gasteiger partial charge on any atom is 0.152 e. The average Bonchev–Trinajstić information content (AvgIpc) is 2.10. The molecule has 0 saturated heterocycles. The van der Waals surface area contributed by atoms with Gasteiger partial charge in [0.25, 0.3) is 0 Å². The van der Waals surface area contributed by atoms with Gasteiger partial charge in [0.15, 0.2) is 9.84 Å². The number of benzene rings is 1. The molecule has 0 radical (unpaired) electrons. The second kappa shape index (κ2) is 4.10. The zero-order chi connectivity index (χ0) is 12.7. The number of rotatable bonds is 4. The molecule has 1 aromatic carbocycles. The molecule has 2 rings (SSSR count). The van der Waals surface area contributed by atoms with Gasteiger partial charge in [0.05, 0.1) is 11.5 Å². The lowest BCUT2D eigenvalue weighted by atomic mass is 9.79. The Kier molecular flexibility index (Phi) is 3.04. The van der Waals surface area contributed by atoms with E-state index in [1.807, 2.05) is 18.2 Å². The maximum atomic E-state index is 12.0. The van der Waals surface area contributed by atoms with Gasteiger partial charge in [0, 0.05) is 11.5 Å². The molecule has 0 saturated carbocycles. The summed E-state index contributed by atoms with van der Waals surface area (Å²) in [5, 5.41) is 0. The predicted octanol–water partition coefficient (Wildman–Crippen LogP) is 1.48. The molecule has 94 valence electrons. The van der Waals surface area contributed by atoms with Gasteiger partial charge in [-0.05, 0) is 31.4 Å². The topological polar surface area (TPSA) is 60.2 Å². The van der Waals surface area contributed by atoms with E-state index in [9.17, 15) is 8.42 Å². The summed E-state index contributed by atoms with van der Waals surface area (Å²) < 4.78 is 24.0. The fraction of sp³-hybridized carbons (Fsp3) is 0.538. The summed E-state index contributed by atoms with van der Waals surface area (Å²) in [7, 11) is -3.07. The van der Waals surface area contributed by atoms with Gasteiger partial charge >= 0.3 is 0 Å². The summed E-state index contributed by atoms with van der Waals surface area (Å²) in [4.78, 5) is 0. The molecule has 0 bridgehead atoms. The molecule has 0 spiro atoms. The van der Waals surface area contributed by atoms with Crippen LogP contribution in [-0.2, 0) is 16.3 Å². The van der Waals surface area contributed by atoms with Crippen molar-refractivity contribution in [1.29, 1.82) is 0 Å². The minimum absolute atomic E-state index is 0.0542. The molecule has 1 aliphatic rings. The highest BCUT2D eigenvalue weighted by atomic mass is 32.2. The molecule has 0 fully saturated rings. The molecule has 1 aromatic rings. The number of fused-ring (bicyclic) bond motifs is 1. The third kappa shape index (κ3) is 3.07. The number of sulfone groups is 1. The van der Waals surface area contributed by atoms with Gasteiger partial charge in [-0.3, -0.25) is 0 Å². The summed E-state index contributed by atoms with van der Waals surface area (Å²) in [6, 6.07) is 8.04. The van der Waals surface area contributed by atoms with Crippen LogP contribution in [0.1, 0.15) is 30.9 Å². The van der Waals surface area contributed by atoms with Crippen molar-refractivity contribution >= 4 is 9.84 Å². The Labute approximate surface area is 103 Å². The van der Waals surface area contributed by atoms with Crippen LogP contribution in [0.5, 0.6) is 0 Å². The summed E-state index contributed by atoms with van der Waals surface area (Å²) >= 11 is 0. The lowest BCUT2D eigenvalue weighted by Gasteiger charge is -2.30. The van der Waals surface area contributed by atoms with Crippen LogP contribution in [0.3, 0.4) is 0 Å². The highest BCUT2D eigenvalue weighted by Crippen LogP contribution is 2.35. The number of hydrogen-bond donors (Lipinski definition) is 1. The summed E-state index contributed by atoms with van der Waals surface area (Å²) in [6.45, 7) is 3.50. The monoisotopic (exact) mass is 253 g/mol. The first-order valence-corrected chi connectivity index (χ1v) is 7.66. The second-order valence-corrected chi connectivity index (χ2v) is 7.75. The van der Waals surface area contributed by atoms with Crippen molar-refractivity contribution in [2.24, 2.45) is 5.73 Å². The normalized spacial score (nSPS) is 19.6. The Morgan fingerprint density at radius 3 is 2.59 bits per heavy atom. The van der Waals surface area contributed by atoms with Crippen molar-refractivity contribution in [2.45, 2.75) is 31.7 Å². The van der Waals surface area contributed by atoms with Crippen molar-refractivity contribution in [3.05, 3.63) is 35.4 Å². The zero-order valence-electron chi connectivity index (χ0n) is 10.3. The van der Waals surface area contributed by atoms with Crippen molar-refractivity contribution < 1.29 is 8.42 Å². The molecule has 17 heavy (non-hydrogen) atoms. The van der Waals surface area contributed by atoms with Crippen LogP contribution < -0.4 is 5.73 Å². The largest absolute Gasteiger partial charge is 0.325 e. The molecule has 1 aliphatic carbocycles. The van der Waals surface area contributed by atoms with E-state index in [2.05, 4.69) is 6.07 Å². The Morgan fingerprint density at radius 1 is 1.35 bits per heavy atom. The lowest BCUT2D eigenvalue weighted by Crippen LogP contribution is -2.41. The van der Waals surface area contributed by atoms with E-state index in [1.54, 1.807) is 13.8 Å². The molecule has 1 atom stereocenters. The van der Waals surface area contributed by atoms with Gasteiger partial charge in [0.1, 0.15) is 0 Å². The highest BCUT2D eigenvalue weighted by molar-refractivity contribution is 7.91. The van der Waals surface area contributed by atoms with E-state index in [-0.39, 0.29) is 17.4 Å². The van der Waals surface area contributed by atoms with Gasteiger partial charge < -0.3 is 5.73 Å². The Balaban J connectivity index is 2.05. The Morgan fingerprint density at radius 2 is 2.00 bits per heavy atom. The molecule has 1 unspecified atom stereocenters. The quantitative estimate of drug-likeness (QED) is 0.884. The first-order valence-electron chi connectivity index (χ1n) is 5.84. The van der Waals surface area contributed by atoms with Gasteiger partial charge in [-0.15, -0.1) is 0 Å². The number of nitrogens with two attached hydrogens (primary N) is 1. The summed E-state index contributed by atoms with van der Waals surface area (Å²) in [5.74, 6) is 0.446. The lowest BCUT2D eigenvalue weighted by molar-refractivity contribution is 0.535. The standard InChI is InChI=1S/C13H19NO2S/c1-13(2,14)9-17(15,16)8-11-7-10-5-3-4-6-12(10)11/h3-6,11H,7-9,14H2,1-2H3.